The van der Waals surface area contributed by atoms with Gasteiger partial charge in [0.1, 0.15) is 5.78 Å². The monoisotopic (exact) mass is 294 g/mol. The SMILES string of the molecule is O=C(CCCBr)CCc1ccc2c(c1)CCC2. The van der Waals surface area contributed by atoms with E-state index in [-0.39, 0.29) is 0 Å². The van der Waals surface area contributed by atoms with Crippen molar-refractivity contribution in [2.75, 3.05) is 5.33 Å². The van der Waals surface area contributed by atoms with Gasteiger partial charge in [-0.15, -0.1) is 0 Å². The summed E-state index contributed by atoms with van der Waals surface area (Å²) in [6, 6.07) is 6.75. The van der Waals surface area contributed by atoms with Crippen molar-refractivity contribution in [3.8, 4) is 0 Å². The summed E-state index contributed by atoms with van der Waals surface area (Å²) in [6.07, 6.45) is 7.04. The number of halogens is 1. The Balaban J connectivity index is 1.85. The van der Waals surface area contributed by atoms with Crippen LogP contribution in [0.25, 0.3) is 0 Å². The maximum Gasteiger partial charge on any atom is 0.133 e. The van der Waals surface area contributed by atoms with E-state index in [1.165, 1.54) is 36.0 Å². The predicted octanol–water partition coefficient (Wildman–Crippen LogP) is 3.85. The summed E-state index contributed by atoms with van der Waals surface area (Å²) >= 11 is 3.36. The number of fused-ring (bicyclic) bond motifs is 1. The molecule has 1 aromatic rings. The van der Waals surface area contributed by atoms with Gasteiger partial charge in [0.15, 0.2) is 0 Å². The molecular formula is C15H19BrO. The van der Waals surface area contributed by atoms with Gasteiger partial charge in [-0.1, -0.05) is 34.1 Å². The van der Waals surface area contributed by atoms with Crippen molar-refractivity contribution in [2.24, 2.45) is 0 Å². The van der Waals surface area contributed by atoms with E-state index in [9.17, 15) is 4.79 Å². The van der Waals surface area contributed by atoms with Crippen molar-refractivity contribution in [3.05, 3.63) is 34.9 Å². The highest BCUT2D eigenvalue weighted by molar-refractivity contribution is 9.09. The second kappa shape index (κ2) is 6.34. The summed E-state index contributed by atoms with van der Waals surface area (Å²) < 4.78 is 0. The molecular weight excluding hydrogens is 276 g/mol. The van der Waals surface area contributed by atoms with Crippen molar-refractivity contribution in [3.63, 3.8) is 0 Å². The standard InChI is InChI=1S/C15H19BrO/c16-10-2-5-15(17)9-7-12-6-8-13-3-1-4-14(13)11-12/h6,8,11H,1-5,7,9-10H2. The molecule has 0 heterocycles. The summed E-state index contributed by atoms with van der Waals surface area (Å²) in [5.74, 6) is 0.393. The van der Waals surface area contributed by atoms with Crippen LogP contribution in [0.2, 0.25) is 0 Å². The lowest BCUT2D eigenvalue weighted by molar-refractivity contribution is -0.119. The Bertz CT molecular complexity index is 398. The molecule has 0 amide bonds. The Morgan fingerprint density at radius 1 is 1.18 bits per heavy atom. The molecule has 0 bridgehead atoms. The zero-order valence-corrected chi connectivity index (χ0v) is 11.8. The van der Waals surface area contributed by atoms with Crippen LogP contribution < -0.4 is 0 Å². The first kappa shape index (κ1) is 12.8. The van der Waals surface area contributed by atoms with Gasteiger partial charge >= 0.3 is 0 Å². The van der Waals surface area contributed by atoms with E-state index >= 15 is 0 Å². The second-order valence-electron chi connectivity index (χ2n) is 4.79. The molecule has 1 aliphatic rings. The maximum atomic E-state index is 11.6. The van der Waals surface area contributed by atoms with Crippen molar-refractivity contribution < 1.29 is 4.79 Å². The molecule has 1 nitrogen and oxygen atoms in total. The van der Waals surface area contributed by atoms with Gasteiger partial charge in [-0.25, -0.2) is 0 Å². The average Bonchev–Trinajstić information content (AvgIpc) is 2.81. The fraction of sp³-hybridized carbons (Fsp3) is 0.533. The molecule has 0 fully saturated rings. The van der Waals surface area contributed by atoms with E-state index in [2.05, 4.69) is 34.1 Å². The highest BCUT2D eigenvalue weighted by atomic mass is 79.9. The molecule has 0 saturated carbocycles. The van der Waals surface area contributed by atoms with Gasteiger partial charge < -0.3 is 0 Å². The lowest BCUT2D eigenvalue weighted by atomic mass is 10.0. The first-order valence-electron chi connectivity index (χ1n) is 6.48. The average molecular weight is 295 g/mol. The van der Waals surface area contributed by atoms with Crippen LogP contribution >= 0.6 is 15.9 Å². The quantitative estimate of drug-likeness (QED) is 0.728. The van der Waals surface area contributed by atoms with Crippen LogP contribution in [0.5, 0.6) is 0 Å². The summed E-state index contributed by atoms with van der Waals surface area (Å²) in [4.78, 5) is 11.6. The number of hydrogen-bond acceptors (Lipinski definition) is 1. The fourth-order valence-electron chi connectivity index (χ4n) is 2.45. The van der Waals surface area contributed by atoms with E-state index in [0.29, 0.717) is 12.2 Å². The van der Waals surface area contributed by atoms with Crippen molar-refractivity contribution in [1.29, 1.82) is 0 Å². The molecule has 0 N–H and O–H groups in total. The maximum absolute atomic E-state index is 11.6. The van der Waals surface area contributed by atoms with Gasteiger partial charge in [-0.2, -0.15) is 0 Å². The Labute approximate surface area is 112 Å². The third-order valence-corrected chi connectivity index (χ3v) is 4.01. The zero-order valence-electron chi connectivity index (χ0n) is 10.2. The van der Waals surface area contributed by atoms with Crippen LogP contribution in [0, 0.1) is 0 Å². The largest absolute Gasteiger partial charge is 0.300 e. The number of Topliss-reactive ketones (excluding diaryl/α,β-unsaturated/α-hetero) is 1. The van der Waals surface area contributed by atoms with E-state index in [4.69, 9.17) is 0 Å². The Morgan fingerprint density at radius 3 is 2.82 bits per heavy atom. The predicted molar refractivity (Wildman–Crippen MR) is 74.8 cm³/mol. The van der Waals surface area contributed by atoms with E-state index in [0.717, 1.165) is 24.6 Å². The Hall–Kier alpha value is -0.630. The number of ketones is 1. The minimum absolute atomic E-state index is 0.393. The Morgan fingerprint density at radius 2 is 2.00 bits per heavy atom. The number of hydrogen-bond donors (Lipinski definition) is 0. The van der Waals surface area contributed by atoms with Crippen LogP contribution in [0.1, 0.15) is 42.4 Å². The zero-order chi connectivity index (χ0) is 12.1. The number of carbonyl (C=O) groups is 1. The molecule has 1 aliphatic carbocycles. The highest BCUT2D eigenvalue weighted by Crippen LogP contribution is 2.23. The lowest BCUT2D eigenvalue weighted by Crippen LogP contribution is -2.00. The minimum atomic E-state index is 0.393. The number of benzene rings is 1. The number of rotatable bonds is 6. The van der Waals surface area contributed by atoms with Crippen LogP contribution in [0.3, 0.4) is 0 Å². The topological polar surface area (TPSA) is 17.1 Å². The summed E-state index contributed by atoms with van der Waals surface area (Å²) in [5, 5.41) is 0.928. The normalized spacial score (nSPS) is 13.7. The molecule has 0 unspecified atom stereocenters. The lowest BCUT2D eigenvalue weighted by Gasteiger charge is -2.04. The third-order valence-electron chi connectivity index (χ3n) is 3.44. The second-order valence-corrected chi connectivity index (χ2v) is 5.58. The number of carbonyl (C=O) groups excluding carboxylic acids is 1. The van der Waals surface area contributed by atoms with Gasteiger partial charge in [-0.05, 0) is 48.8 Å². The van der Waals surface area contributed by atoms with Crippen LogP contribution in [-0.2, 0) is 24.1 Å². The Kier molecular flexibility index (Phi) is 4.78. The van der Waals surface area contributed by atoms with Crippen molar-refractivity contribution in [1.82, 2.24) is 0 Å². The van der Waals surface area contributed by atoms with E-state index < -0.39 is 0 Å². The molecule has 2 rings (SSSR count). The van der Waals surface area contributed by atoms with Gasteiger partial charge in [0.25, 0.3) is 0 Å². The molecule has 0 aromatic heterocycles. The van der Waals surface area contributed by atoms with Gasteiger partial charge in [0.2, 0.25) is 0 Å². The molecule has 0 aliphatic heterocycles. The summed E-state index contributed by atoms with van der Waals surface area (Å²) in [6.45, 7) is 0. The summed E-state index contributed by atoms with van der Waals surface area (Å²) in [5.41, 5.74) is 4.35. The van der Waals surface area contributed by atoms with E-state index in [1.54, 1.807) is 0 Å². The van der Waals surface area contributed by atoms with Crippen LogP contribution in [0.15, 0.2) is 18.2 Å². The molecule has 0 atom stereocenters. The molecule has 92 valence electrons. The number of alkyl halides is 1. The van der Waals surface area contributed by atoms with Gasteiger partial charge in [-0.3, -0.25) is 4.79 Å². The first-order chi connectivity index (χ1) is 8.29. The molecule has 17 heavy (non-hydrogen) atoms. The molecule has 1 aromatic carbocycles. The van der Waals surface area contributed by atoms with Crippen molar-refractivity contribution in [2.45, 2.75) is 44.9 Å². The number of aryl methyl sites for hydroxylation is 3. The van der Waals surface area contributed by atoms with Gasteiger partial charge in [0.05, 0.1) is 0 Å². The molecule has 0 saturated heterocycles. The van der Waals surface area contributed by atoms with Crippen molar-refractivity contribution >= 4 is 21.7 Å². The van der Waals surface area contributed by atoms with E-state index in [1.807, 2.05) is 0 Å². The smallest absolute Gasteiger partial charge is 0.133 e. The van der Waals surface area contributed by atoms with Crippen LogP contribution in [0.4, 0.5) is 0 Å². The third kappa shape index (κ3) is 3.67. The molecule has 0 spiro atoms. The minimum Gasteiger partial charge on any atom is -0.300 e. The molecule has 2 heteroatoms. The van der Waals surface area contributed by atoms with Gasteiger partial charge in [0, 0.05) is 18.2 Å². The highest BCUT2D eigenvalue weighted by Gasteiger charge is 2.11. The fourth-order valence-corrected chi connectivity index (χ4v) is 2.73. The van der Waals surface area contributed by atoms with Crippen LogP contribution in [-0.4, -0.2) is 11.1 Å². The first-order valence-corrected chi connectivity index (χ1v) is 7.60. The molecule has 0 radical (unpaired) electrons. The summed E-state index contributed by atoms with van der Waals surface area (Å²) in [7, 11) is 0.